The highest BCUT2D eigenvalue weighted by atomic mass is 35.5. The Morgan fingerprint density at radius 2 is 1.61 bits per heavy atom. The van der Waals surface area contributed by atoms with Gasteiger partial charge in [0.25, 0.3) is 11.8 Å². The van der Waals surface area contributed by atoms with Gasteiger partial charge in [-0.2, -0.15) is 18.2 Å². The van der Waals surface area contributed by atoms with E-state index in [1.54, 1.807) is 42.5 Å². The number of allylic oxidation sites excluding steroid dienone is 2. The number of benzene rings is 3. The van der Waals surface area contributed by atoms with E-state index in [1.165, 1.54) is 31.1 Å². The topological polar surface area (TPSA) is 219 Å². The van der Waals surface area contributed by atoms with E-state index in [0.29, 0.717) is 33.3 Å². The molecule has 4 aliphatic rings. The third-order valence-electron chi connectivity index (χ3n) is 12.3. The maximum Gasteiger partial charge on any atom is 0.417 e. The highest BCUT2D eigenvalue weighted by Crippen LogP contribution is 2.65. The SMILES string of the molecule is CN(C)c1c([N+](=O)[O-])cc(N2C(=O)[C@H]3[C@H](CC=C4[C@H]3C[C@H]3C(=O)N(Nc5ncc(C(F)(F)F)cc5Cl)C(=O)[C@@]3(c3ccc(Cl)cc3)[C@H]4c3ccccc3OCCO)C2=O)cc1[N+](=O)[O-]. The van der Waals surface area contributed by atoms with Gasteiger partial charge in [0, 0.05) is 48.9 Å². The number of hydrogen-bond acceptors (Lipinski definition) is 13. The number of hydrogen-bond donors (Lipinski definition) is 2. The smallest absolute Gasteiger partial charge is 0.417 e. The number of carbonyl (C=O) groups excluding carboxylic acids is 4. The van der Waals surface area contributed by atoms with Crippen molar-refractivity contribution in [1.82, 2.24) is 9.99 Å². The van der Waals surface area contributed by atoms with E-state index in [1.807, 2.05) is 0 Å². The van der Waals surface area contributed by atoms with Gasteiger partial charge in [-0.3, -0.25) is 44.8 Å². The molecule has 2 aliphatic carbocycles. The van der Waals surface area contributed by atoms with E-state index in [2.05, 4.69) is 10.4 Å². The number of para-hydroxylation sites is 1. The normalized spacial score (nSPS) is 23.9. The lowest BCUT2D eigenvalue weighted by atomic mass is 9.49. The van der Waals surface area contributed by atoms with E-state index in [4.69, 9.17) is 27.9 Å². The Bertz CT molecular complexity index is 2670. The number of aliphatic hydroxyl groups is 1. The van der Waals surface area contributed by atoms with Crippen molar-refractivity contribution in [3.63, 3.8) is 0 Å². The van der Waals surface area contributed by atoms with Gasteiger partial charge in [-0.1, -0.05) is 65.2 Å². The summed E-state index contributed by atoms with van der Waals surface area (Å²) in [5.74, 6) is -9.67. The fraction of sp³-hybridized carbons (Fsp3) is 0.310. The predicted molar refractivity (Wildman–Crippen MR) is 222 cm³/mol. The molecular formula is C42H34Cl2F3N7O10. The first-order chi connectivity index (χ1) is 30.3. The number of fused-ring (bicyclic) bond motifs is 4. The Kier molecular flexibility index (Phi) is 11.1. The van der Waals surface area contributed by atoms with Gasteiger partial charge in [0.1, 0.15) is 12.4 Å². The van der Waals surface area contributed by atoms with E-state index < -0.39 is 115 Å². The van der Waals surface area contributed by atoms with Crippen LogP contribution in [0.4, 0.5) is 41.7 Å². The quantitative estimate of drug-likeness (QED) is 0.0682. The van der Waals surface area contributed by atoms with Crippen LogP contribution < -0.4 is 20.0 Å². The number of anilines is 3. The molecule has 3 fully saturated rings. The number of imide groups is 2. The fourth-order valence-electron chi connectivity index (χ4n) is 9.84. The summed E-state index contributed by atoms with van der Waals surface area (Å²) in [6.07, 6.45) is -3.02. The minimum atomic E-state index is -4.82. The van der Waals surface area contributed by atoms with Gasteiger partial charge in [-0.05, 0) is 48.6 Å². The summed E-state index contributed by atoms with van der Waals surface area (Å²) in [6.45, 7) is -0.604. The van der Waals surface area contributed by atoms with Crippen LogP contribution in [0.15, 0.2) is 84.6 Å². The van der Waals surface area contributed by atoms with Crippen LogP contribution >= 0.6 is 23.2 Å². The first-order valence-corrected chi connectivity index (χ1v) is 20.3. The second-order valence-corrected chi connectivity index (χ2v) is 16.6. The monoisotopic (exact) mass is 923 g/mol. The summed E-state index contributed by atoms with van der Waals surface area (Å²) >= 11 is 12.6. The van der Waals surface area contributed by atoms with Gasteiger partial charge < -0.3 is 14.7 Å². The van der Waals surface area contributed by atoms with Gasteiger partial charge in [0.05, 0.1) is 55.9 Å². The van der Waals surface area contributed by atoms with E-state index >= 15 is 9.59 Å². The molecule has 8 rings (SSSR count). The summed E-state index contributed by atoms with van der Waals surface area (Å²) in [5.41, 5.74) is -1.78. The van der Waals surface area contributed by atoms with Gasteiger partial charge >= 0.3 is 17.6 Å². The lowest BCUT2D eigenvalue weighted by Gasteiger charge is -2.50. The van der Waals surface area contributed by atoms with E-state index in [0.717, 1.165) is 12.1 Å². The average molecular weight is 925 g/mol. The number of carbonyl (C=O) groups is 4. The Labute approximate surface area is 370 Å². The summed E-state index contributed by atoms with van der Waals surface area (Å²) in [7, 11) is 2.72. The fourth-order valence-corrected chi connectivity index (χ4v) is 10.2. The van der Waals surface area contributed by atoms with Crippen LogP contribution in [0.3, 0.4) is 0 Å². The largest absolute Gasteiger partial charge is 0.491 e. The number of nitro benzene ring substituents is 2. The third-order valence-corrected chi connectivity index (χ3v) is 12.8. The van der Waals surface area contributed by atoms with Gasteiger partial charge in [0.15, 0.2) is 11.5 Å². The summed E-state index contributed by atoms with van der Waals surface area (Å²) in [4.78, 5) is 88.3. The van der Waals surface area contributed by atoms with Crippen molar-refractivity contribution in [2.75, 3.05) is 42.5 Å². The number of halogens is 5. The van der Waals surface area contributed by atoms with Crippen molar-refractivity contribution in [2.45, 2.75) is 30.4 Å². The number of nitrogens with zero attached hydrogens (tertiary/aromatic N) is 6. The van der Waals surface area contributed by atoms with Crippen molar-refractivity contribution in [2.24, 2.45) is 23.7 Å². The number of hydrazine groups is 1. The number of nitrogens with one attached hydrogen (secondary N) is 1. The summed E-state index contributed by atoms with van der Waals surface area (Å²) < 4.78 is 46.8. The molecular weight excluding hydrogens is 890 g/mol. The molecule has 1 aromatic heterocycles. The molecule has 2 saturated heterocycles. The Balaban J connectivity index is 1.32. The van der Waals surface area contributed by atoms with Crippen LogP contribution in [-0.2, 0) is 30.8 Å². The van der Waals surface area contributed by atoms with Gasteiger partial charge in [-0.15, -0.1) is 0 Å². The number of aliphatic hydroxyl groups excluding tert-OH is 1. The molecule has 1 saturated carbocycles. The molecule has 332 valence electrons. The van der Waals surface area contributed by atoms with Crippen LogP contribution in [0.1, 0.15) is 35.4 Å². The lowest BCUT2D eigenvalue weighted by molar-refractivity contribution is -0.392. The Hall–Kier alpha value is -6.64. The number of alkyl halides is 3. The van der Waals surface area contributed by atoms with Gasteiger partial charge in [0.2, 0.25) is 11.8 Å². The molecule has 0 radical (unpaired) electrons. The molecule has 3 heterocycles. The van der Waals surface area contributed by atoms with Crippen LogP contribution in [-0.4, -0.2) is 75.9 Å². The minimum absolute atomic E-state index is 0.107. The molecule has 22 heteroatoms. The van der Waals surface area contributed by atoms with Crippen molar-refractivity contribution in [3.8, 4) is 5.75 Å². The van der Waals surface area contributed by atoms with Crippen LogP contribution in [0.2, 0.25) is 10.0 Å². The first kappa shape index (κ1) is 44.0. The number of rotatable bonds is 11. The maximum absolute atomic E-state index is 15.5. The Morgan fingerprint density at radius 1 is 0.953 bits per heavy atom. The Morgan fingerprint density at radius 3 is 2.20 bits per heavy atom. The zero-order valence-corrected chi connectivity index (χ0v) is 34.9. The number of amides is 4. The van der Waals surface area contributed by atoms with Crippen LogP contribution in [0.25, 0.3) is 0 Å². The second-order valence-electron chi connectivity index (χ2n) is 15.8. The number of pyridine rings is 1. The molecule has 0 spiro atoms. The summed E-state index contributed by atoms with van der Waals surface area (Å²) in [5, 5.41) is 34.7. The van der Waals surface area contributed by atoms with E-state index in [-0.39, 0.29) is 41.5 Å². The van der Waals surface area contributed by atoms with Crippen molar-refractivity contribution < 1.29 is 52.0 Å². The molecule has 2 aliphatic heterocycles. The molecule has 4 amide bonds. The second kappa shape index (κ2) is 16.2. The molecule has 4 aromatic rings. The zero-order chi connectivity index (χ0) is 46.2. The highest BCUT2D eigenvalue weighted by Gasteiger charge is 2.71. The molecule has 2 N–H and O–H groups in total. The molecule has 17 nitrogen and oxygen atoms in total. The number of ether oxygens (including phenoxy) is 1. The van der Waals surface area contributed by atoms with Crippen LogP contribution in [0, 0.1) is 43.9 Å². The molecule has 3 aromatic carbocycles. The van der Waals surface area contributed by atoms with Crippen LogP contribution in [0.5, 0.6) is 5.75 Å². The third kappa shape index (κ3) is 6.87. The average Bonchev–Trinajstić information content (AvgIpc) is 3.63. The van der Waals surface area contributed by atoms with Gasteiger partial charge in [-0.25, -0.2) is 9.88 Å². The molecule has 0 unspecified atom stereocenters. The number of nitro groups is 2. The van der Waals surface area contributed by atoms with Crippen molar-refractivity contribution in [3.05, 3.63) is 132 Å². The van der Waals surface area contributed by atoms with E-state index in [9.17, 15) is 48.1 Å². The zero-order valence-electron chi connectivity index (χ0n) is 33.4. The first-order valence-electron chi connectivity index (χ1n) is 19.5. The van der Waals surface area contributed by atoms with Crippen molar-refractivity contribution in [1.29, 1.82) is 0 Å². The minimum Gasteiger partial charge on any atom is -0.491 e. The standard InChI is InChI=1S/C42H34Cl2F3N7O10/c1-50(2)35-30(53(60)61)16-23(17-31(35)54(62)63)51-37(56)26-12-11-24-27(33(26)39(51)58)18-28-38(57)52(49-36-29(44)15-21(19-48-36)42(45,46)47)40(59)41(28,20-7-9-22(43)10-8-20)34(24)25-5-3-4-6-32(25)64-14-13-55/h3-11,15-17,19,26-28,33-34,55H,12-14,18H2,1-2H3,(H,48,49)/t26-,27+,28-,33-,34+,41+/m0/s1. The molecule has 64 heavy (non-hydrogen) atoms. The van der Waals surface area contributed by atoms with Crippen molar-refractivity contribution >= 4 is 75.4 Å². The number of aromatic nitrogens is 1. The predicted octanol–water partition coefficient (Wildman–Crippen LogP) is 6.85. The lowest BCUT2D eigenvalue weighted by Crippen LogP contribution is -2.53. The maximum atomic E-state index is 15.5. The molecule has 6 atom stereocenters. The molecule has 0 bridgehead atoms. The highest BCUT2D eigenvalue weighted by molar-refractivity contribution is 6.33. The summed E-state index contributed by atoms with van der Waals surface area (Å²) in [6, 6.07) is 15.0.